The number of unbranched alkanes of at least 4 members (excludes halogenated alkanes) is 30. The van der Waals surface area contributed by atoms with Gasteiger partial charge in [-0.2, -0.15) is 0 Å². The number of allylic oxidation sites excluding steroid dienone is 9. The highest BCUT2D eigenvalue weighted by atomic mass is 16.3. The third kappa shape index (κ3) is 45.0. The Kier molecular flexibility index (Phi) is 46.8. The number of rotatable bonds is 45. The van der Waals surface area contributed by atoms with E-state index in [2.05, 4.69) is 67.8 Å². The summed E-state index contributed by atoms with van der Waals surface area (Å²) in [5, 5.41) is 23.0. The van der Waals surface area contributed by atoms with Gasteiger partial charge in [-0.1, -0.05) is 235 Å². The lowest BCUT2D eigenvalue weighted by molar-refractivity contribution is -0.123. The molecule has 0 fully saturated rings. The molecule has 3 N–H and O–H groups in total. The minimum Gasteiger partial charge on any atom is -0.394 e. The summed E-state index contributed by atoms with van der Waals surface area (Å²) < 4.78 is 0. The number of nitrogens with one attached hydrogen (secondary N) is 1. The van der Waals surface area contributed by atoms with Crippen molar-refractivity contribution in [1.82, 2.24) is 5.32 Å². The molecule has 4 heteroatoms. The monoisotopic (exact) mass is 796 g/mol. The molecule has 0 spiro atoms. The van der Waals surface area contributed by atoms with Crippen LogP contribution in [0.25, 0.3) is 0 Å². The maximum absolute atomic E-state index is 12.4. The highest BCUT2D eigenvalue weighted by Gasteiger charge is 2.17. The van der Waals surface area contributed by atoms with E-state index in [-0.39, 0.29) is 12.5 Å². The predicted molar refractivity (Wildman–Crippen MR) is 253 cm³/mol. The lowest BCUT2D eigenvalue weighted by Crippen LogP contribution is -2.45. The third-order valence-corrected chi connectivity index (χ3v) is 11.2. The summed E-state index contributed by atoms with van der Waals surface area (Å²) in [6.45, 7) is 4.25. The molecule has 0 bridgehead atoms. The zero-order valence-corrected chi connectivity index (χ0v) is 38.1. The Morgan fingerprint density at radius 1 is 0.421 bits per heavy atom. The first-order valence-corrected chi connectivity index (χ1v) is 25.0. The molecule has 0 saturated heterocycles. The molecular weight excluding hydrogens is 699 g/mol. The molecule has 0 aromatic rings. The average molecular weight is 796 g/mol. The van der Waals surface area contributed by atoms with Crippen molar-refractivity contribution in [3.63, 3.8) is 0 Å². The van der Waals surface area contributed by atoms with Gasteiger partial charge in [0.1, 0.15) is 0 Å². The van der Waals surface area contributed by atoms with Crippen LogP contribution in [0.1, 0.15) is 251 Å². The summed E-state index contributed by atoms with van der Waals surface area (Å²) in [6, 6.07) is -0.655. The van der Waals surface area contributed by atoms with E-state index in [0.717, 1.165) is 57.8 Å². The van der Waals surface area contributed by atoms with E-state index in [1.165, 1.54) is 173 Å². The number of carbonyl (C=O) groups excluding carboxylic acids is 1. The zero-order valence-electron chi connectivity index (χ0n) is 38.1. The Bertz CT molecular complexity index is 950. The van der Waals surface area contributed by atoms with Crippen LogP contribution in [0.5, 0.6) is 0 Å². The van der Waals surface area contributed by atoms with Crippen LogP contribution in [0.3, 0.4) is 0 Å². The highest BCUT2D eigenvalue weighted by molar-refractivity contribution is 5.76. The molecule has 0 aliphatic carbocycles. The van der Waals surface area contributed by atoms with Crippen molar-refractivity contribution in [3.05, 3.63) is 60.8 Å². The van der Waals surface area contributed by atoms with Gasteiger partial charge in [0.2, 0.25) is 5.91 Å². The van der Waals surface area contributed by atoms with Crippen LogP contribution in [-0.2, 0) is 4.79 Å². The van der Waals surface area contributed by atoms with Crippen LogP contribution >= 0.6 is 0 Å². The predicted octanol–water partition coefficient (Wildman–Crippen LogP) is 16.1. The van der Waals surface area contributed by atoms with Crippen molar-refractivity contribution < 1.29 is 15.0 Å². The molecule has 2 unspecified atom stereocenters. The van der Waals surface area contributed by atoms with Gasteiger partial charge in [0.05, 0.1) is 18.8 Å². The number of aliphatic hydroxyl groups excluding tert-OH is 2. The standard InChI is InChI=1S/C53H97NO3/c1-3-5-7-9-11-13-15-17-19-20-21-22-23-24-25-26-27-28-29-30-31-32-33-34-35-36-38-40-42-44-46-48-52(56)51(50-55)54-53(57)49-47-45-43-41-39-37-18-16-14-12-10-8-6-4-2/h10,12,16,18,33-34,38,40,46,48,51-52,55-56H,3-9,11,13-15,17,19-32,35-37,39,41-45,47,49-50H2,1-2H3,(H,54,57)/b12-10-,18-16-,34-33+,40-38+,48-46+. The minimum absolute atomic E-state index is 0.0932. The SMILES string of the molecule is CCCC/C=C\C/C=C\CCCCCCCC(=O)NC(CO)C(O)/C=C/CC/C=C/CC/C=C/CCCCCCCCCCCCCCCCCCCCCCC. The largest absolute Gasteiger partial charge is 0.394 e. The number of aliphatic hydroxyl groups is 2. The van der Waals surface area contributed by atoms with Gasteiger partial charge >= 0.3 is 0 Å². The summed E-state index contributed by atoms with van der Waals surface area (Å²) >= 11 is 0. The van der Waals surface area contributed by atoms with Gasteiger partial charge in [-0.3, -0.25) is 4.79 Å². The molecule has 0 aromatic carbocycles. The smallest absolute Gasteiger partial charge is 0.220 e. The van der Waals surface area contributed by atoms with E-state index in [4.69, 9.17) is 0 Å². The maximum atomic E-state index is 12.4. The Morgan fingerprint density at radius 3 is 1.18 bits per heavy atom. The van der Waals surface area contributed by atoms with Crippen LogP contribution in [0.4, 0.5) is 0 Å². The van der Waals surface area contributed by atoms with Crippen LogP contribution in [0, 0.1) is 0 Å². The molecule has 2 atom stereocenters. The van der Waals surface area contributed by atoms with E-state index < -0.39 is 12.1 Å². The number of hydrogen-bond acceptors (Lipinski definition) is 3. The molecule has 0 rings (SSSR count). The van der Waals surface area contributed by atoms with Crippen molar-refractivity contribution in [1.29, 1.82) is 0 Å². The first kappa shape index (κ1) is 55.1. The van der Waals surface area contributed by atoms with Crippen LogP contribution in [0.2, 0.25) is 0 Å². The van der Waals surface area contributed by atoms with Crippen LogP contribution in [0.15, 0.2) is 60.8 Å². The average Bonchev–Trinajstić information content (AvgIpc) is 3.22. The lowest BCUT2D eigenvalue weighted by atomic mass is 10.0. The number of hydrogen-bond donors (Lipinski definition) is 3. The fraction of sp³-hybridized carbons (Fsp3) is 0.792. The van der Waals surface area contributed by atoms with E-state index in [1.54, 1.807) is 6.08 Å². The van der Waals surface area contributed by atoms with E-state index in [9.17, 15) is 15.0 Å². The molecule has 0 aliphatic rings. The van der Waals surface area contributed by atoms with Crippen molar-refractivity contribution in [2.45, 2.75) is 264 Å². The second-order valence-electron chi connectivity index (χ2n) is 16.9. The molecule has 1 amide bonds. The summed E-state index contributed by atoms with van der Waals surface area (Å²) in [6.07, 6.45) is 68.0. The molecule has 0 saturated carbocycles. The Balaban J connectivity index is 3.57. The quantitative estimate of drug-likeness (QED) is 0.0425. The molecule has 4 nitrogen and oxygen atoms in total. The van der Waals surface area contributed by atoms with Gasteiger partial charge < -0.3 is 15.5 Å². The first-order valence-electron chi connectivity index (χ1n) is 25.0. The van der Waals surface area contributed by atoms with Crippen molar-refractivity contribution >= 4 is 5.91 Å². The zero-order chi connectivity index (χ0) is 41.4. The van der Waals surface area contributed by atoms with E-state index in [0.29, 0.717) is 6.42 Å². The summed E-state index contributed by atoms with van der Waals surface area (Å²) in [5.74, 6) is -0.0932. The van der Waals surface area contributed by atoms with Crippen LogP contribution in [-0.4, -0.2) is 34.9 Å². The molecule has 0 heterocycles. The first-order chi connectivity index (χ1) is 28.2. The Labute approximate surface area is 356 Å². The Hall–Kier alpha value is -1.91. The lowest BCUT2D eigenvalue weighted by Gasteiger charge is -2.19. The molecule has 332 valence electrons. The van der Waals surface area contributed by atoms with Gasteiger partial charge in [0.25, 0.3) is 0 Å². The maximum Gasteiger partial charge on any atom is 0.220 e. The normalized spacial score (nSPS) is 13.4. The molecule has 57 heavy (non-hydrogen) atoms. The van der Waals surface area contributed by atoms with E-state index in [1.807, 2.05) is 6.08 Å². The summed E-state index contributed by atoms with van der Waals surface area (Å²) in [7, 11) is 0. The van der Waals surface area contributed by atoms with Crippen molar-refractivity contribution in [3.8, 4) is 0 Å². The van der Waals surface area contributed by atoms with Gasteiger partial charge in [-0.15, -0.1) is 0 Å². The second kappa shape index (κ2) is 48.5. The number of amides is 1. The van der Waals surface area contributed by atoms with E-state index >= 15 is 0 Å². The second-order valence-corrected chi connectivity index (χ2v) is 16.9. The fourth-order valence-corrected chi connectivity index (χ4v) is 7.34. The van der Waals surface area contributed by atoms with Gasteiger partial charge in [-0.25, -0.2) is 0 Å². The molecule has 0 aromatic heterocycles. The summed E-state index contributed by atoms with van der Waals surface area (Å²) in [4.78, 5) is 12.4. The molecule has 0 aliphatic heterocycles. The van der Waals surface area contributed by atoms with Gasteiger partial charge in [-0.05, 0) is 70.6 Å². The fourth-order valence-electron chi connectivity index (χ4n) is 7.34. The van der Waals surface area contributed by atoms with Crippen molar-refractivity contribution in [2.75, 3.05) is 6.61 Å². The van der Waals surface area contributed by atoms with Gasteiger partial charge in [0, 0.05) is 6.42 Å². The molecule has 0 radical (unpaired) electrons. The minimum atomic E-state index is -0.878. The Morgan fingerprint density at radius 2 is 0.754 bits per heavy atom. The summed E-state index contributed by atoms with van der Waals surface area (Å²) in [5.41, 5.74) is 0. The van der Waals surface area contributed by atoms with Crippen LogP contribution < -0.4 is 5.32 Å². The topological polar surface area (TPSA) is 69.6 Å². The highest BCUT2D eigenvalue weighted by Crippen LogP contribution is 2.16. The van der Waals surface area contributed by atoms with Gasteiger partial charge in [0.15, 0.2) is 0 Å². The molecular formula is C53H97NO3. The number of carbonyl (C=O) groups is 1. The third-order valence-electron chi connectivity index (χ3n) is 11.2. The van der Waals surface area contributed by atoms with Crippen molar-refractivity contribution in [2.24, 2.45) is 0 Å².